The molecule has 0 bridgehead atoms. The van der Waals surface area contributed by atoms with E-state index in [2.05, 4.69) is 15.0 Å². The van der Waals surface area contributed by atoms with Gasteiger partial charge in [-0.1, -0.05) is 60.3 Å². The van der Waals surface area contributed by atoms with Gasteiger partial charge in [0.2, 0.25) is 5.91 Å². The van der Waals surface area contributed by atoms with Gasteiger partial charge in [0, 0.05) is 18.3 Å². The van der Waals surface area contributed by atoms with Crippen LogP contribution in [0, 0.1) is 12.7 Å². The smallest absolute Gasteiger partial charge is 0.334 e. The number of benzene rings is 3. The van der Waals surface area contributed by atoms with Gasteiger partial charge < -0.3 is 9.80 Å². The summed E-state index contributed by atoms with van der Waals surface area (Å²) >= 11 is 1.25. The van der Waals surface area contributed by atoms with Crippen molar-refractivity contribution in [3.8, 4) is 11.1 Å². The predicted molar refractivity (Wildman–Crippen MR) is 165 cm³/mol. The van der Waals surface area contributed by atoms with E-state index in [0.29, 0.717) is 23.0 Å². The van der Waals surface area contributed by atoms with Crippen LogP contribution in [0.4, 0.5) is 17.6 Å². The molecule has 1 amide bonds. The first-order valence-corrected chi connectivity index (χ1v) is 15.5. The number of rotatable bonds is 9. The van der Waals surface area contributed by atoms with Crippen molar-refractivity contribution in [2.45, 2.75) is 56.0 Å². The number of likely N-dealkylation sites (tertiary alicyclic amines) is 1. The Hall–Kier alpha value is -4.03. The molecule has 4 aromatic rings. The summed E-state index contributed by atoms with van der Waals surface area (Å²) in [4.78, 5) is 34.6. The molecule has 0 unspecified atom stereocenters. The molecule has 236 valence electrons. The molecule has 1 fully saturated rings. The van der Waals surface area contributed by atoms with Gasteiger partial charge in [-0.25, -0.2) is 9.07 Å². The van der Waals surface area contributed by atoms with Crippen LogP contribution < -0.4 is 5.56 Å². The molecule has 0 aliphatic carbocycles. The number of nitrogens with zero attached hydrogens (tertiary/aromatic N) is 5. The second-order valence-electron chi connectivity index (χ2n) is 11.2. The van der Waals surface area contributed by atoms with Crippen LogP contribution in [0.25, 0.3) is 11.1 Å². The number of hydrogen-bond donors (Lipinski definition) is 0. The predicted octanol–water partition coefficient (Wildman–Crippen LogP) is 6.19. The molecule has 1 aliphatic rings. The molecule has 1 aromatic heterocycles. The lowest BCUT2D eigenvalue weighted by Gasteiger charge is -2.37. The minimum absolute atomic E-state index is 0.00737. The highest BCUT2D eigenvalue weighted by atomic mass is 32.2. The van der Waals surface area contributed by atoms with Gasteiger partial charge in [0.25, 0.3) is 5.56 Å². The number of thioether (sulfide) groups is 1. The van der Waals surface area contributed by atoms with E-state index in [9.17, 15) is 27.2 Å². The normalized spacial score (nSPS) is 14.4. The highest BCUT2D eigenvalue weighted by Crippen LogP contribution is 2.31. The fourth-order valence-corrected chi connectivity index (χ4v) is 6.12. The molecular weight excluding hydrogens is 606 g/mol. The monoisotopic (exact) mass is 639 g/mol. The van der Waals surface area contributed by atoms with E-state index in [4.69, 9.17) is 0 Å². The van der Waals surface area contributed by atoms with Crippen molar-refractivity contribution in [1.29, 1.82) is 0 Å². The van der Waals surface area contributed by atoms with Gasteiger partial charge in [-0.2, -0.15) is 23.3 Å². The summed E-state index contributed by atoms with van der Waals surface area (Å²) < 4.78 is 53.8. The number of aryl methyl sites for hydroxylation is 1. The molecule has 1 saturated heterocycles. The molecule has 12 heteroatoms. The number of carbonyl (C=O) groups is 1. The second kappa shape index (κ2) is 13.9. The highest BCUT2D eigenvalue weighted by Gasteiger charge is 2.30. The average Bonchev–Trinajstić information content (AvgIpc) is 3.02. The van der Waals surface area contributed by atoms with Crippen LogP contribution in [0.3, 0.4) is 0 Å². The molecule has 0 saturated carbocycles. The average molecular weight is 640 g/mol. The molecule has 45 heavy (non-hydrogen) atoms. The maximum Gasteiger partial charge on any atom is 0.416 e. The third-order valence-electron chi connectivity index (χ3n) is 7.87. The van der Waals surface area contributed by atoms with Crippen molar-refractivity contribution in [2.75, 3.05) is 20.1 Å². The van der Waals surface area contributed by atoms with E-state index < -0.39 is 17.3 Å². The maximum atomic E-state index is 14.0. The molecule has 0 atom stereocenters. The fourth-order valence-electron chi connectivity index (χ4n) is 5.23. The Morgan fingerprint density at radius 1 is 0.933 bits per heavy atom. The molecule has 0 radical (unpaired) electrons. The zero-order valence-corrected chi connectivity index (χ0v) is 25.7. The Bertz CT molecular complexity index is 1670. The summed E-state index contributed by atoms with van der Waals surface area (Å²) in [6.07, 6.45) is -2.80. The molecule has 5 rings (SSSR count). The van der Waals surface area contributed by atoms with Crippen LogP contribution in [0.15, 0.2) is 82.7 Å². The molecule has 7 nitrogen and oxygen atoms in total. The van der Waals surface area contributed by atoms with Crippen molar-refractivity contribution >= 4 is 17.7 Å². The first kappa shape index (κ1) is 32.4. The third-order valence-corrected chi connectivity index (χ3v) is 8.90. The molecule has 2 heterocycles. The summed E-state index contributed by atoms with van der Waals surface area (Å²) in [6, 6.07) is 18.5. The van der Waals surface area contributed by atoms with E-state index >= 15 is 0 Å². The number of piperidine rings is 1. The van der Waals surface area contributed by atoms with Gasteiger partial charge in [0.1, 0.15) is 18.1 Å². The van der Waals surface area contributed by atoms with E-state index in [-0.39, 0.29) is 30.0 Å². The van der Waals surface area contributed by atoms with E-state index in [1.165, 1.54) is 40.7 Å². The fraction of sp³-hybridized carbons (Fsp3) is 0.333. The van der Waals surface area contributed by atoms with Crippen LogP contribution in [0.5, 0.6) is 0 Å². The Balaban J connectivity index is 1.35. The zero-order valence-electron chi connectivity index (χ0n) is 24.9. The zero-order chi connectivity index (χ0) is 32.1. The van der Waals surface area contributed by atoms with Crippen molar-refractivity contribution in [2.24, 2.45) is 0 Å². The Morgan fingerprint density at radius 3 is 2.11 bits per heavy atom. The quantitative estimate of drug-likeness (QED) is 0.161. The summed E-state index contributed by atoms with van der Waals surface area (Å²) in [6.45, 7) is 3.47. The van der Waals surface area contributed by atoms with Crippen molar-refractivity contribution in [1.82, 2.24) is 24.6 Å². The lowest BCUT2D eigenvalue weighted by atomic mass is 10.0. The van der Waals surface area contributed by atoms with Gasteiger partial charge in [0.05, 0.1) is 5.56 Å². The Labute approximate surface area is 262 Å². The molecular formula is C33H33F4N5O2S. The van der Waals surface area contributed by atoms with Gasteiger partial charge >= 0.3 is 6.18 Å². The number of halogens is 4. The SMILES string of the molecule is Cc1nn(CC(=O)N(Cc2ccc(-c3ccc(C(F)(F)F)cc3)cc2)C2CCN(C)CC2)c(SCc2ccc(F)cc2)nc1=O. The van der Waals surface area contributed by atoms with Gasteiger partial charge in [0.15, 0.2) is 5.16 Å². The van der Waals surface area contributed by atoms with Gasteiger partial charge in [-0.15, -0.1) is 0 Å². The first-order chi connectivity index (χ1) is 21.5. The van der Waals surface area contributed by atoms with Crippen molar-refractivity contribution < 1.29 is 22.4 Å². The number of aromatic nitrogens is 3. The van der Waals surface area contributed by atoms with Crippen LogP contribution in [0.2, 0.25) is 0 Å². The number of alkyl halides is 3. The van der Waals surface area contributed by atoms with Crippen LogP contribution >= 0.6 is 11.8 Å². The van der Waals surface area contributed by atoms with Crippen LogP contribution in [-0.4, -0.2) is 56.7 Å². The van der Waals surface area contributed by atoms with E-state index in [1.54, 1.807) is 19.1 Å². The highest BCUT2D eigenvalue weighted by molar-refractivity contribution is 7.98. The van der Waals surface area contributed by atoms with Gasteiger partial charge in [-0.3, -0.25) is 9.59 Å². The van der Waals surface area contributed by atoms with Crippen LogP contribution in [-0.2, 0) is 29.8 Å². The Morgan fingerprint density at radius 2 is 1.51 bits per heavy atom. The van der Waals surface area contributed by atoms with Crippen molar-refractivity contribution in [3.05, 3.63) is 111 Å². The third kappa shape index (κ3) is 8.37. The molecule has 0 spiro atoms. The Kier molecular flexibility index (Phi) is 10.0. The van der Waals surface area contributed by atoms with Gasteiger partial charge in [-0.05, 0) is 86.4 Å². The summed E-state index contributed by atoms with van der Waals surface area (Å²) in [5, 5.41) is 4.69. The second-order valence-corrected chi connectivity index (χ2v) is 12.1. The summed E-state index contributed by atoms with van der Waals surface area (Å²) in [5.41, 5.74) is 2.16. The maximum absolute atomic E-state index is 14.0. The minimum Gasteiger partial charge on any atom is -0.334 e. The number of amides is 1. The topological polar surface area (TPSA) is 71.3 Å². The largest absolute Gasteiger partial charge is 0.416 e. The standard InChI is InChI=1S/C33H33F4N5O2S/c1-22-31(44)38-32(45-21-24-5-13-28(34)14-6-24)42(39-22)20-30(43)41(29-15-17-40(2)18-16-29)19-23-3-7-25(8-4-23)26-9-11-27(12-10-26)33(35,36)37/h3-14,29H,15-21H2,1-2H3. The molecule has 0 N–H and O–H groups in total. The summed E-state index contributed by atoms with van der Waals surface area (Å²) in [7, 11) is 2.05. The number of carbonyl (C=O) groups excluding carboxylic acids is 1. The van der Waals surface area contributed by atoms with E-state index in [1.807, 2.05) is 36.2 Å². The minimum atomic E-state index is -4.39. The summed E-state index contributed by atoms with van der Waals surface area (Å²) in [5.74, 6) is -0.0998. The first-order valence-electron chi connectivity index (χ1n) is 14.5. The van der Waals surface area contributed by atoms with Crippen molar-refractivity contribution in [3.63, 3.8) is 0 Å². The lowest BCUT2D eigenvalue weighted by Crippen LogP contribution is -2.47. The molecule has 1 aliphatic heterocycles. The van der Waals surface area contributed by atoms with E-state index in [0.717, 1.165) is 54.8 Å². The number of hydrogen-bond acceptors (Lipinski definition) is 6. The molecule has 3 aromatic carbocycles. The van der Waals surface area contributed by atoms with Crippen LogP contribution in [0.1, 0.15) is 35.2 Å². The lowest BCUT2D eigenvalue weighted by molar-refractivity contribution is -0.138.